The molecule has 5 nitrogen and oxygen atoms in total. The molecule has 0 aliphatic carbocycles. The summed E-state index contributed by atoms with van der Waals surface area (Å²) in [6, 6.07) is 0. The number of unbranched alkanes of at least 4 members (excludes halogenated alkanes) is 14. The molecule has 0 fully saturated rings. The summed E-state index contributed by atoms with van der Waals surface area (Å²) in [5.41, 5.74) is 0. The molecule has 0 spiro atoms. The van der Waals surface area contributed by atoms with E-state index in [0.29, 0.717) is 12.8 Å². The van der Waals surface area contributed by atoms with Crippen LogP contribution in [0.15, 0.2) is 0 Å². The van der Waals surface area contributed by atoms with Crippen LogP contribution in [-0.2, 0) is 20.0 Å². The zero-order valence-electron chi connectivity index (χ0n) is 28.7. The van der Waals surface area contributed by atoms with Crippen LogP contribution in [0.3, 0.4) is 0 Å². The Morgan fingerprint density at radius 1 is 0.396 bits per heavy atom. The second-order valence-electron chi connectivity index (χ2n) is 13.0. The summed E-state index contributed by atoms with van der Waals surface area (Å²) < 4.78 is 195. The van der Waals surface area contributed by atoms with Crippen LogP contribution in [-0.4, -0.2) is 67.8 Å². The van der Waals surface area contributed by atoms with Crippen molar-refractivity contribution >= 4 is 26.8 Å². The fraction of sp³-hybridized carbons (Fsp3) is 1.00. The van der Waals surface area contributed by atoms with E-state index < -0.39 is 77.8 Å². The van der Waals surface area contributed by atoms with Gasteiger partial charge in [0.05, 0.1) is 0 Å². The first-order valence-electron chi connectivity index (χ1n) is 17.1. The van der Waals surface area contributed by atoms with E-state index in [2.05, 4.69) is 6.92 Å². The van der Waals surface area contributed by atoms with Gasteiger partial charge in [0.25, 0.3) is 0 Å². The molecular weight excluding hydrogens is 723 g/mol. The zero-order valence-corrected chi connectivity index (χ0v) is 31.2. The van der Waals surface area contributed by atoms with E-state index in [1.54, 1.807) is 0 Å². The third-order valence-corrected chi connectivity index (χ3v) is 23.6. The van der Waals surface area contributed by atoms with Crippen molar-refractivity contribution in [3.63, 3.8) is 0 Å². The van der Waals surface area contributed by atoms with Crippen LogP contribution < -0.4 is 0 Å². The molecule has 0 saturated heterocycles. The molecule has 292 valence electrons. The summed E-state index contributed by atoms with van der Waals surface area (Å²) in [7, 11) is -15.5. The first kappa shape index (κ1) is 47.6. The molecule has 48 heavy (non-hydrogen) atoms. The maximum atomic E-state index is 15.0. The van der Waals surface area contributed by atoms with Crippen molar-refractivity contribution in [1.82, 2.24) is 3.48 Å². The second kappa shape index (κ2) is 19.4. The molecule has 18 heteroatoms. The Morgan fingerprint density at radius 2 is 0.625 bits per heavy atom. The molecule has 0 aromatic heterocycles. The van der Waals surface area contributed by atoms with Gasteiger partial charge in [0, 0.05) is 0 Å². The number of nitrogens with zero attached hydrogens (tertiary/aromatic N) is 1. The standard InChI is InChI=1S/C30H56F10NO4PS2/c1-5-9-13-14-15-16-17-18-19-20-21-22-26-46(23-10-6-2,24-11-7-3,25-12-8-4)41(47(42,43)29(37,38)27(31,32)33)48(44,45)30(39,40)28(34,35)36/h5-26H2,1-4H3. The first-order valence-corrected chi connectivity index (χ1v) is 22.9. The van der Waals surface area contributed by atoms with E-state index in [4.69, 9.17) is 0 Å². The van der Waals surface area contributed by atoms with Gasteiger partial charge in [-0.2, -0.15) is 0 Å². The van der Waals surface area contributed by atoms with Crippen LogP contribution in [0.4, 0.5) is 43.9 Å². The van der Waals surface area contributed by atoms with E-state index in [9.17, 15) is 60.7 Å². The number of hydrogen-bond acceptors (Lipinski definition) is 4. The van der Waals surface area contributed by atoms with Crippen molar-refractivity contribution in [3.05, 3.63) is 0 Å². The number of hydrogen-bond donors (Lipinski definition) is 0. The molecule has 0 radical (unpaired) electrons. The van der Waals surface area contributed by atoms with Crippen LogP contribution in [0.5, 0.6) is 0 Å². The number of rotatable bonds is 27. The van der Waals surface area contributed by atoms with Crippen LogP contribution in [0.25, 0.3) is 0 Å². The van der Waals surface area contributed by atoms with Gasteiger partial charge in [-0.15, -0.1) is 0 Å². The Morgan fingerprint density at radius 3 is 0.875 bits per heavy atom. The molecule has 0 bridgehead atoms. The number of halogens is 10. The predicted molar refractivity (Wildman–Crippen MR) is 174 cm³/mol. The zero-order chi connectivity index (χ0) is 37.6. The van der Waals surface area contributed by atoms with Crippen LogP contribution in [0.2, 0.25) is 0 Å². The Bertz CT molecular complexity index is 1070. The molecule has 0 rings (SSSR count). The Hall–Kier alpha value is -0.410. The maximum absolute atomic E-state index is 15.0. The molecule has 0 aromatic rings. The fourth-order valence-electron chi connectivity index (χ4n) is 6.27. The third-order valence-electron chi connectivity index (χ3n) is 9.03. The van der Waals surface area contributed by atoms with E-state index >= 15 is 0 Å². The summed E-state index contributed by atoms with van der Waals surface area (Å²) in [4.78, 5) is 0. The summed E-state index contributed by atoms with van der Waals surface area (Å²) in [6.07, 6.45) is -7.55. The van der Waals surface area contributed by atoms with E-state index in [0.717, 1.165) is 51.4 Å². The van der Waals surface area contributed by atoms with E-state index in [1.807, 2.05) is 0 Å². The van der Waals surface area contributed by atoms with Gasteiger partial charge in [0.2, 0.25) is 0 Å². The van der Waals surface area contributed by atoms with Crippen LogP contribution >= 0.6 is 6.75 Å². The quantitative estimate of drug-likeness (QED) is 0.0473. The Balaban J connectivity index is 7.28. The van der Waals surface area contributed by atoms with Crippen molar-refractivity contribution in [2.75, 3.05) is 24.6 Å². The minimum absolute atomic E-state index is 0.105. The molecule has 0 N–H and O–H groups in total. The molecule has 0 aliphatic heterocycles. The Kier molecular flexibility index (Phi) is 19.3. The Labute approximate surface area is 281 Å². The summed E-state index contributed by atoms with van der Waals surface area (Å²) in [5.74, 6) is 0. The van der Waals surface area contributed by atoms with Gasteiger partial charge >= 0.3 is 268 Å². The van der Waals surface area contributed by atoms with Gasteiger partial charge < -0.3 is 0 Å². The summed E-state index contributed by atoms with van der Waals surface area (Å²) >= 11 is 0. The normalized spacial score (nSPS) is 15.2. The van der Waals surface area contributed by atoms with Crippen molar-refractivity contribution in [1.29, 1.82) is 0 Å². The molecule has 0 amide bonds. The van der Waals surface area contributed by atoms with Crippen molar-refractivity contribution in [2.45, 2.75) is 166 Å². The van der Waals surface area contributed by atoms with Crippen molar-refractivity contribution in [3.8, 4) is 0 Å². The number of sulfonamides is 2. The molecule has 0 aromatic carbocycles. The average molecular weight is 780 g/mol. The molecule has 0 saturated carbocycles. The number of alkyl halides is 10. The monoisotopic (exact) mass is 779 g/mol. The average Bonchev–Trinajstić information content (AvgIpc) is 2.97. The van der Waals surface area contributed by atoms with Gasteiger partial charge in [0.1, 0.15) is 0 Å². The predicted octanol–water partition coefficient (Wildman–Crippen LogP) is 11.8. The molecule has 0 atom stereocenters. The minimum atomic E-state index is -7.77. The van der Waals surface area contributed by atoms with Crippen LogP contribution in [0.1, 0.15) is 143 Å². The van der Waals surface area contributed by atoms with Gasteiger partial charge in [-0.25, -0.2) is 0 Å². The van der Waals surface area contributed by atoms with Crippen molar-refractivity contribution < 1.29 is 60.7 Å². The first-order chi connectivity index (χ1) is 21.9. The fourth-order valence-corrected chi connectivity index (χ4v) is 22.7. The topological polar surface area (TPSA) is 71.5 Å². The molecular formula is C30H56F10NO4PS2. The third kappa shape index (κ3) is 11.3. The van der Waals surface area contributed by atoms with Gasteiger partial charge in [-0.05, 0) is 0 Å². The van der Waals surface area contributed by atoms with Gasteiger partial charge in [0.15, 0.2) is 0 Å². The SMILES string of the molecule is CCCCCCCCCCCCCCP(CCCC)(CCCC)(CCCC)N(S(=O)(=O)C(F)(F)C(F)(F)F)S(=O)(=O)C(F)(F)C(F)(F)F. The van der Waals surface area contributed by atoms with Crippen LogP contribution in [0, 0.1) is 0 Å². The molecule has 0 heterocycles. The molecule has 0 unspecified atom stereocenters. The van der Waals surface area contributed by atoms with Gasteiger partial charge in [-0.1, -0.05) is 13.3 Å². The van der Waals surface area contributed by atoms with Crippen molar-refractivity contribution in [2.24, 2.45) is 0 Å². The summed E-state index contributed by atoms with van der Waals surface area (Å²) in [6.45, 7) is 1.02. The molecule has 0 aliphatic rings. The summed E-state index contributed by atoms with van der Waals surface area (Å²) in [5, 5.41) is -14.0. The van der Waals surface area contributed by atoms with Gasteiger partial charge in [-0.3, -0.25) is 0 Å². The van der Waals surface area contributed by atoms with E-state index in [1.165, 1.54) is 20.8 Å². The van der Waals surface area contributed by atoms with E-state index in [-0.39, 0.29) is 51.4 Å². The second-order valence-corrected chi connectivity index (χ2v) is 23.4.